The van der Waals surface area contributed by atoms with Crippen molar-refractivity contribution in [1.82, 2.24) is 10.6 Å². The molecule has 0 spiro atoms. The molecular formula is C16H17BrN2OS. The van der Waals surface area contributed by atoms with Gasteiger partial charge in [-0.2, -0.15) is 0 Å². The van der Waals surface area contributed by atoms with Crippen molar-refractivity contribution in [3.63, 3.8) is 0 Å². The minimum absolute atomic E-state index is 0.0404. The minimum atomic E-state index is 0.0404. The average molecular weight is 365 g/mol. The third-order valence-corrected chi connectivity index (χ3v) is 5.64. The molecule has 0 aliphatic carbocycles. The van der Waals surface area contributed by atoms with Gasteiger partial charge in [0.05, 0.1) is 6.04 Å². The highest BCUT2D eigenvalue weighted by molar-refractivity contribution is 9.10. The van der Waals surface area contributed by atoms with E-state index in [0.29, 0.717) is 0 Å². The zero-order chi connectivity index (χ0) is 14.8. The van der Waals surface area contributed by atoms with Crippen molar-refractivity contribution in [1.29, 1.82) is 0 Å². The monoisotopic (exact) mass is 364 g/mol. The Bertz CT molecular complexity index is 668. The van der Waals surface area contributed by atoms with E-state index in [1.807, 2.05) is 6.07 Å². The summed E-state index contributed by atoms with van der Waals surface area (Å²) in [7, 11) is 0. The molecule has 2 N–H and O–H groups in total. The van der Waals surface area contributed by atoms with Crippen LogP contribution in [0.4, 0.5) is 0 Å². The molecule has 1 aliphatic rings. The maximum Gasteiger partial charge on any atom is 0.251 e. The molecule has 1 aliphatic heterocycles. The van der Waals surface area contributed by atoms with E-state index in [1.165, 1.54) is 4.88 Å². The Morgan fingerprint density at radius 3 is 3.00 bits per heavy atom. The highest BCUT2D eigenvalue weighted by Crippen LogP contribution is 2.34. The van der Waals surface area contributed by atoms with Gasteiger partial charge in [0.2, 0.25) is 0 Å². The molecule has 1 unspecified atom stereocenters. The van der Waals surface area contributed by atoms with E-state index in [4.69, 9.17) is 0 Å². The quantitative estimate of drug-likeness (QED) is 0.871. The Morgan fingerprint density at radius 1 is 1.43 bits per heavy atom. The molecule has 2 heterocycles. The first-order chi connectivity index (χ1) is 10.2. The van der Waals surface area contributed by atoms with Gasteiger partial charge in [-0.15, -0.1) is 11.3 Å². The van der Waals surface area contributed by atoms with E-state index in [0.717, 1.165) is 40.7 Å². The van der Waals surface area contributed by atoms with Crippen LogP contribution in [0.25, 0.3) is 0 Å². The smallest absolute Gasteiger partial charge is 0.251 e. The van der Waals surface area contributed by atoms with E-state index in [2.05, 4.69) is 57.1 Å². The van der Waals surface area contributed by atoms with Crippen molar-refractivity contribution in [2.75, 3.05) is 13.1 Å². The molecule has 1 amide bonds. The van der Waals surface area contributed by atoms with Gasteiger partial charge in [0.1, 0.15) is 0 Å². The lowest BCUT2D eigenvalue weighted by atomic mass is 9.94. The third kappa shape index (κ3) is 2.91. The average Bonchev–Trinajstić information content (AvgIpc) is 2.91. The molecule has 5 heteroatoms. The van der Waals surface area contributed by atoms with Crippen LogP contribution in [0.2, 0.25) is 0 Å². The van der Waals surface area contributed by atoms with Crippen molar-refractivity contribution in [3.05, 3.63) is 55.7 Å². The van der Waals surface area contributed by atoms with Gasteiger partial charge in [-0.3, -0.25) is 4.79 Å². The first kappa shape index (κ1) is 14.8. The predicted molar refractivity (Wildman–Crippen MR) is 90.0 cm³/mol. The topological polar surface area (TPSA) is 41.1 Å². The number of rotatable bonds is 4. The highest BCUT2D eigenvalue weighted by atomic mass is 79.9. The number of carbonyl (C=O) groups is 1. The Balaban J connectivity index is 2.02. The zero-order valence-electron chi connectivity index (χ0n) is 11.8. The van der Waals surface area contributed by atoms with Crippen molar-refractivity contribution in [3.8, 4) is 0 Å². The van der Waals surface area contributed by atoms with Crippen LogP contribution >= 0.6 is 27.3 Å². The van der Waals surface area contributed by atoms with Crippen molar-refractivity contribution >= 4 is 33.2 Å². The van der Waals surface area contributed by atoms with Gasteiger partial charge in [0, 0.05) is 21.5 Å². The van der Waals surface area contributed by atoms with Crippen LogP contribution in [0.3, 0.4) is 0 Å². The first-order valence-electron chi connectivity index (χ1n) is 7.08. The lowest BCUT2D eigenvalue weighted by Crippen LogP contribution is -2.32. The Kier molecular flexibility index (Phi) is 4.42. The summed E-state index contributed by atoms with van der Waals surface area (Å²) in [6, 6.07) is 8.44. The fraction of sp³-hybridized carbons (Fsp3) is 0.312. The SMILES string of the molecule is CCNC(c1ccc2c(c1)C(=O)NCC2)c1sccc1Br. The fourth-order valence-corrected chi connectivity index (χ4v) is 4.39. The van der Waals surface area contributed by atoms with Gasteiger partial charge in [-0.05, 0) is 57.5 Å². The number of benzene rings is 1. The Labute approximate surface area is 136 Å². The number of thiophene rings is 1. The van der Waals surface area contributed by atoms with E-state index in [-0.39, 0.29) is 11.9 Å². The second kappa shape index (κ2) is 6.30. The molecular weight excluding hydrogens is 348 g/mol. The van der Waals surface area contributed by atoms with Crippen LogP contribution in [-0.2, 0) is 6.42 Å². The molecule has 0 saturated heterocycles. The van der Waals surface area contributed by atoms with Gasteiger partial charge >= 0.3 is 0 Å². The Hall–Kier alpha value is -1.17. The number of hydrogen-bond donors (Lipinski definition) is 2. The number of halogens is 1. The van der Waals surface area contributed by atoms with Gasteiger partial charge in [-0.25, -0.2) is 0 Å². The van der Waals surface area contributed by atoms with Gasteiger partial charge in [-0.1, -0.05) is 19.1 Å². The summed E-state index contributed by atoms with van der Waals surface area (Å²) in [4.78, 5) is 13.3. The summed E-state index contributed by atoms with van der Waals surface area (Å²) in [5.41, 5.74) is 3.09. The molecule has 0 saturated carbocycles. The molecule has 110 valence electrons. The van der Waals surface area contributed by atoms with Crippen LogP contribution < -0.4 is 10.6 Å². The van der Waals surface area contributed by atoms with Gasteiger partial charge < -0.3 is 10.6 Å². The summed E-state index contributed by atoms with van der Waals surface area (Å²) in [6.45, 7) is 3.70. The molecule has 21 heavy (non-hydrogen) atoms. The van der Waals surface area contributed by atoms with Crippen LogP contribution in [0.1, 0.15) is 39.3 Å². The maximum absolute atomic E-state index is 12.0. The Morgan fingerprint density at radius 2 is 2.29 bits per heavy atom. The number of carbonyl (C=O) groups excluding carboxylic acids is 1. The predicted octanol–water partition coefficient (Wildman–Crippen LogP) is 3.50. The summed E-state index contributed by atoms with van der Waals surface area (Å²) >= 11 is 5.33. The number of amides is 1. The number of hydrogen-bond acceptors (Lipinski definition) is 3. The van der Waals surface area contributed by atoms with Crippen LogP contribution in [0.5, 0.6) is 0 Å². The molecule has 1 aromatic heterocycles. The van der Waals surface area contributed by atoms with E-state index in [9.17, 15) is 4.79 Å². The molecule has 0 radical (unpaired) electrons. The second-order valence-corrected chi connectivity index (χ2v) is 6.85. The van der Waals surface area contributed by atoms with Gasteiger partial charge in [0.25, 0.3) is 5.91 Å². The molecule has 0 fully saturated rings. The molecule has 0 bridgehead atoms. The summed E-state index contributed by atoms with van der Waals surface area (Å²) in [5.74, 6) is 0.0404. The van der Waals surface area contributed by atoms with Gasteiger partial charge in [0.15, 0.2) is 0 Å². The first-order valence-corrected chi connectivity index (χ1v) is 8.75. The highest BCUT2D eigenvalue weighted by Gasteiger charge is 2.22. The largest absolute Gasteiger partial charge is 0.352 e. The normalized spacial score (nSPS) is 15.4. The van der Waals surface area contributed by atoms with E-state index < -0.39 is 0 Å². The molecule has 1 aromatic carbocycles. The standard InChI is InChI=1S/C16H17BrN2OS/c1-2-18-14(15-13(17)6-8-21-15)11-4-3-10-5-7-19-16(20)12(10)9-11/h3-4,6,8-9,14,18H,2,5,7H2,1H3,(H,19,20). The molecule has 2 aromatic rings. The van der Waals surface area contributed by atoms with E-state index in [1.54, 1.807) is 11.3 Å². The molecule has 1 atom stereocenters. The number of nitrogens with one attached hydrogen (secondary N) is 2. The summed E-state index contributed by atoms with van der Waals surface area (Å²) < 4.78 is 1.11. The van der Waals surface area contributed by atoms with Crippen LogP contribution in [0.15, 0.2) is 34.1 Å². The summed E-state index contributed by atoms with van der Waals surface area (Å²) in [6.07, 6.45) is 0.913. The fourth-order valence-electron chi connectivity index (χ4n) is 2.69. The van der Waals surface area contributed by atoms with Crippen molar-refractivity contribution in [2.45, 2.75) is 19.4 Å². The lowest BCUT2D eigenvalue weighted by Gasteiger charge is -2.22. The molecule has 3 rings (SSSR count). The maximum atomic E-state index is 12.0. The van der Waals surface area contributed by atoms with Crippen LogP contribution in [0, 0.1) is 0 Å². The number of fused-ring (bicyclic) bond motifs is 1. The minimum Gasteiger partial charge on any atom is -0.352 e. The van der Waals surface area contributed by atoms with E-state index >= 15 is 0 Å². The molecule has 3 nitrogen and oxygen atoms in total. The second-order valence-electron chi connectivity index (χ2n) is 5.05. The third-order valence-electron chi connectivity index (χ3n) is 3.71. The lowest BCUT2D eigenvalue weighted by molar-refractivity contribution is 0.0946. The summed E-state index contributed by atoms with van der Waals surface area (Å²) in [5, 5.41) is 8.51. The van der Waals surface area contributed by atoms with Crippen molar-refractivity contribution < 1.29 is 4.79 Å². The van der Waals surface area contributed by atoms with Crippen LogP contribution in [-0.4, -0.2) is 19.0 Å². The zero-order valence-corrected chi connectivity index (χ0v) is 14.2. The van der Waals surface area contributed by atoms with Crippen molar-refractivity contribution in [2.24, 2.45) is 0 Å².